The van der Waals surface area contributed by atoms with Gasteiger partial charge in [-0.1, -0.05) is 60.7 Å². The molecule has 1 heteroatoms. The fourth-order valence-corrected chi connectivity index (χ4v) is 2.37. The second kappa shape index (κ2) is 5.62. The third-order valence-corrected chi connectivity index (χ3v) is 3.44. The Morgan fingerprint density at radius 1 is 0.550 bits per heavy atom. The summed E-state index contributed by atoms with van der Waals surface area (Å²) in [5.74, 6) is 0. The van der Waals surface area contributed by atoms with E-state index in [0.29, 0.717) is 0 Å². The van der Waals surface area contributed by atoms with E-state index < -0.39 is 0 Å². The lowest BCUT2D eigenvalue weighted by Gasteiger charge is -2.10. The lowest BCUT2D eigenvalue weighted by molar-refractivity contribution is 1.50. The molecule has 3 aromatic rings. The summed E-state index contributed by atoms with van der Waals surface area (Å²) < 4.78 is 0. The van der Waals surface area contributed by atoms with Crippen molar-refractivity contribution in [3.63, 3.8) is 0 Å². The third-order valence-electron chi connectivity index (χ3n) is 3.44. The van der Waals surface area contributed by atoms with E-state index in [1.807, 2.05) is 19.2 Å². The van der Waals surface area contributed by atoms with Crippen molar-refractivity contribution in [2.75, 3.05) is 12.4 Å². The summed E-state index contributed by atoms with van der Waals surface area (Å²) in [5, 5.41) is 3.25. The van der Waals surface area contributed by atoms with E-state index in [2.05, 4.69) is 72.0 Å². The Balaban J connectivity index is 2.13. The number of nitrogens with one attached hydrogen (secondary N) is 1. The zero-order valence-corrected chi connectivity index (χ0v) is 11.5. The molecule has 0 aliphatic carbocycles. The third kappa shape index (κ3) is 2.57. The molecule has 0 aliphatic rings. The van der Waals surface area contributed by atoms with Crippen molar-refractivity contribution in [1.29, 1.82) is 0 Å². The van der Waals surface area contributed by atoms with E-state index in [4.69, 9.17) is 0 Å². The molecular weight excluding hydrogens is 242 g/mol. The van der Waals surface area contributed by atoms with Crippen molar-refractivity contribution >= 4 is 5.69 Å². The quantitative estimate of drug-likeness (QED) is 0.693. The van der Waals surface area contributed by atoms with Crippen molar-refractivity contribution in [2.24, 2.45) is 0 Å². The summed E-state index contributed by atoms with van der Waals surface area (Å²) in [4.78, 5) is 0. The minimum Gasteiger partial charge on any atom is -0.388 e. The van der Waals surface area contributed by atoms with Crippen molar-refractivity contribution in [3.05, 3.63) is 78.9 Å². The molecule has 0 spiro atoms. The van der Waals surface area contributed by atoms with Crippen LogP contribution in [-0.4, -0.2) is 7.05 Å². The molecule has 3 rings (SSSR count). The van der Waals surface area contributed by atoms with Crippen LogP contribution >= 0.6 is 0 Å². The highest BCUT2D eigenvalue weighted by Crippen LogP contribution is 2.30. The van der Waals surface area contributed by atoms with E-state index in [0.717, 1.165) is 5.69 Å². The van der Waals surface area contributed by atoms with E-state index in [9.17, 15) is 0 Å². The van der Waals surface area contributed by atoms with Gasteiger partial charge in [0.25, 0.3) is 0 Å². The summed E-state index contributed by atoms with van der Waals surface area (Å²) in [6, 6.07) is 27.6. The van der Waals surface area contributed by atoms with Gasteiger partial charge in [-0.25, -0.2) is 0 Å². The molecule has 0 aliphatic heterocycles. The van der Waals surface area contributed by atoms with Gasteiger partial charge in [-0.15, -0.1) is 0 Å². The monoisotopic (exact) mass is 259 g/mol. The highest BCUT2D eigenvalue weighted by atomic mass is 14.8. The smallest absolute Gasteiger partial charge is 0.0350 e. The molecule has 0 amide bonds. The summed E-state index contributed by atoms with van der Waals surface area (Å²) >= 11 is 0. The lowest BCUT2D eigenvalue weighted by Crippen LogP contribution is -1.90. The predicted octanol–water partition coefficient (Wildman–Crippen LogP) is 5.06. The van der Waals surface area contributed by atoms with E-state index in [1.165, 1.54) is 22.3 Å². The molecule has 0 radical (unpaired) electrons. The minimum absolute atomic E-state index is 1.13. The molecule has 0 saturated carbocycles. The van der Waals surface area contributed by atoms with Crippen LogP contribution in [0.15, 0.2) is 78.9 Å². The summed E-state index contributed by atoms with van der Waals surface area (Å²) in [7, 11) is 1.96. The average molecular weight is 259 g/mol. The maximum Gasteiger partial charge on any atom is 0.0350 e. The second-order valence-electron chi connectivity index (χ2n) is 4.78. The zero-order valence-electron chi connectivity index (χ0n) is 11.5. The van der Waals surface area contributed by atoms with Crippen LogP contribution in [0.4, 0.5) is 5.69 Å². The van der Waals surface area contributed by atoms with Gasteiger partial charge in [-0.05, 0) is 40.5 Å². The maximum atomic E-state index is 3.25. The molecule has 3 aromatic carbocycles. The first kappa shape index (κ1) is 12.5. The predicted molar refractivity (Wildman–Crippen MR) is 86.9 cm³/mol. The van der Waals surface area contributed by atoms with Gasteiger partial charge in [-0.3, -0.25) is 0 Å². The Bertz CT molecular complexity index is 630. The van der Waals surface area contributed by atoms with Gasteiger partial charge in [0, 0.05) is 12.7 Å². The second-order valence-corrected chi connectivity index (χ2v) is 4.78. The fourth-order valence-electron chi connectivity index (χ4n) is 2.37. The van der Waals surface area contributed by atoms with Crippen molar-refractivity contribution in [3.8, 4) is 22.3 Å². The highest BCUT2D eigenvalue weighted by molar-refractivity contribution is 5.77. The first-order valence-electron chi connectivity index (χ1n) is 6.80. The maximum absolute atomic E-state index is 3.25. The van der Waals surface area contributed by atoms with Gasteiger partial charge in [-0.2, -0.15) is 0 Å². The minimum atomic E-state index is 1.13. The number of anilines is 1. The van der Waals surface area contributed by atoms with Crippen LogP contribution in [0.25, 0.3) is 22.3 Å². The molecular formula is C19H17N. The van der Waals surface area contributed by atoms with Crippen LogP contribution in [-0.2, 0) is 0 Å². The molecule has 1 nitrogen and oxygen atoms in total. The van der Waals surface area contributed by atoms with Crippen molar-refractivity contribution in [2.45, 2.75) is 0 Å². The molecule has 0 bridgehead atoms. The topological polar surface area (TPSA) is 12.0 Å². The van der Waals surface area contributed by atoms with Gasteiger partial charge < -0.3 is 5.32 Å². The normalized spacial score (nSPS) is 10.2. The van der Waals surface area contributed by atoms with E-state index in [-0.39, 0.29) is 0 Å². The van der Waals surface area contributed by atoms with Crippen LogP contribution in [0.2, 0.25) is 0 Å². The molecule has 98 valence electrons. The zero-order chi connectivity index (χ0) is 13.8. The Morgan fingerprint density at radius 3 is 1.40 bits per heavy atom. The summed E-state index contributed by atoms with van der Waals surface area (Å²) in [6.45, 7) is 0. The van der Waals surface area contributed by atoms with Crippen LogP contribution in [0.1, 0.15) is 0 Å². The SMILES string of the molecule is CNc1cc(-c2ccccc2)cc(-c2ccccc2)c1. The average Bonchev–Trinajstić information content (AvgIpc) is 2.56. The molecule has 0 heterocycles. The van der Waals surface area contributed by atoms with Gasteiger partial charge >= 0.3 is 0 Å². The van der Waals surface area contributed by atoms with E-state index >= 15 is 0 Å². The van der Waals surface area contributed by atoms with Gasteiger partial charge in [0.05, 0.1) is 0 Å². The Kier molecular flexibility index (Phi) is 3.51. The Hall–Kier alpha value is -2.54. The van der Waals surface area contributed by atoms with Crippen LogP contribution < -0.4 is 5.32 Å². The summed E-state index contributed by atoms with van der Waals surface area (Å²) in [5.41, 5.74) is 6.07. The van der Waals surface area contributed by atoms with Crippen molar-refractivity contribution < 1.29 is 0 Å². The van der Waals surface area contributed by atoms with E-state index in [1.54, 1.807) is 0 Å². The van der Waals surface area contributed by atoms with Crippen LogP contribution in [0.5, 0.6) is 0 Å². The molecule has 0 fully saturated rings. The van der Waals surface area contributed by atoms with Gasteiger partial charge in [0.15, 0.2) is 0 Å². The molecule has 0 aromatic heterocycles. The molecule has 1 N–H and O–H groups in total. The molecule has 20 heavy (non-hydrogen) atoms. The molecule has 0 saturated heterocycles. The summed E-state index contributed by atoms with van der Waals surface area (Å²) in [6.07, 6.45) is 0. The highest BCUT2D eigenvalue weighted by Gasteiger charge is 2.04. The van der Waals surface area contributed by atoms with Crippen LogP contribution in [0, 0.1) is 0 Å². The first-order chi connectivity index (χ1) is 9.86. The Morgan fingerprint density at radius 2 is 1.00 bits per heavy atom. The fraction of sp³-hybridized carbons (Fsp3) is 0.0526. The number of rotatable bonds is 3. The number of hydrogen-bond acceptors (Lipinski definition) is 1. The Labute approximate surface area is 119 Å². The number of benzene rings is 3. The first-order valence-corrected chi connectivity index (χ1v) is 6.80. The van der Waals surface area contributed by atoms with Gasteiger partial charge in [0.1, 0.15) is 0 Å². The molecule has 0 atom stereocenters. The number of hydrogen-bond donors (Lipinski definition) is 1. The largest absolute Gasteiger partial charge is 0.388 e. The standard InChI is InChI=1S/C19H17N/c1-20-19-13-17(15-8-4-2-5-9-15)12-18(14-19)16-10-6-3-7-11-16/h2-14,20H,1H3. The van der Waals surface area contributed by atoms with Gasteiger partial charge in [0.2, 0.25) is 0 Å². The lowest BCUT2D eigenvalue weighted by atomic mass is 9.98. The van der Waals surface area contributed by atoms with Crippen molar-refractivity contribution in [1.82, 2.24) is 0 Å². The van der Waals surface area contributed by atoms with Crippen LogP contribution in [0.3, 0.4) is 0 Å². The molecule has 0 unspecified atom stereocenters.